The van der Waals surface area contributed by atoms with E-state index in [4.69, 9.17) is 33.8 Å². The lowest BCUT2D eigenvalue weighted by atomic mass is 10.1. The molecule has 0 atom stereocenters. The Bertz CT molecular complexity index is 482. The van der Waals surface area contributed by atoms with Gasteiger partial charge in [-0.2, -0.15) is 0 Å². The van der Waals surface area contributed by atoms with Crippen LogP contribution in [0.1, 0.15) is 5.56 Å². The molecule has 0 aromatic heterocycles. The first-order valence-corrected chi connectivity index (χ1v) is 9.31. The minimum absolute atomic E-state index is 0.775. The SMILES string of the molecule is Clc1ccc(C[SiH](Cl)Cl)c2ccccc12. The summed E-state index contributed by atoms with van der Waals surface area (Å²) in [6.07, 6.45) is 0. The van der Waals surface area contributed by atoms with E-state index in [-0.39, 0.29) is 0 Å². The Balaban J connectivity index is 2.61. The second-order valence-corrected chi connectivity index (χ2v) is 8.78. The Hall–Kier alpha value is -0.213. The van der Waals surface area contributed by atoms with Crippen LogP contribution >= 0.6 is 33.8 Å². The van der Waals surface area contributed by atoms with Crippen LogP contribution in [0.4, 0.5) is 0 Å². The second kappa shape index (κ2) is 4.75. The molecule has 0 spiro atoms. The minimum Gasteiger partial charge on any atom is -0.150 e. The smallest absolute Gasteiger partial charge is 0.150 e. The summed E-state index contributed by atoms with van der Waals surface area (Å²) in [5.41, 5.74) is 1.19. The van der Waals surface area contributed by atoms with Gasteiger partial charge in [0, 0.05) is 10.4 Å². The summed E-state index contributed by atoms with van der Waals surface area (Å²) in [4.78, 5) is 0. The molecule has 2 aromatic carbocycles. The fraction of sp³-hybridized carbons (Fsp3) is 0.0909. The molecule has 0 radical (unpaired) electrons. The highest BCUT2D eigenvalue weighted by atomic mass is 35.7. The first-order valence-electron chi connectivity index (χ1n) is 4.63. The van der Waals surface area contributed by atoms with Crippen molar-refractivity contribution in [3.8, 4) is 0 Å². The van der Waals surface area contributed by atoms with Gasteiger partial charge in [-0.25, -0.2) is 0 Å². The van der Waals surface area contributed by atoms with Crippen LogP contribution in [0.15, 0.2) is 36.4 Å². The summed E-state index contributed by atoms with van der Waals surface area (Å²) < 4.78 is 0. The fourth-order valence-electron chi connectivity index (χ4n) is 1.67. The molecule has 15 heavy (non-hydrogen) atoms. The highest BCUT2D eigenvalue weighted by Gasteiger charge is 2.08. The number of hydrogen-bond donors (Lipinski definition) is 0. The molecule has 4 heteroatoms. The zero-order chi connectivity index (χ0) is 10.8. The van der Waals surface area contributed by atoms with Gasteiger partial charge in [0.05, 0.1) is 0 Å². The van der Waals surface area contributed by atoms with E-state index in [1.165, 1.54) is 5.56 Å². The third kappa shape index (κ3) is 2.48. The number of fused-ring (bicyclic) bond motifs is 1. The Kier molecular flexibility index (Phi) is 3.57. The van der Waals surface area contributed by atoms with E-state index < -0.39 is 7.42 Å². The van der Waals surface area contributed by atoms with E-state index in [1.54, 1.807) is 0 Å². The van der Waals surface area contributed by atoms with E-state index in [1.807, 2.05) is 30.3 Å². The zero-order valence-electron chi connectivity index (χ0n) is 7.88. The highest BCUT2D eigenvalue weighted by molar-refractivity contribution is 7.33. The first kappa shape index (κ1) is 11.3. The predicted molar refractivity (Wildman–Crippen MR) is 71.5 cm³/mol. The maximum absolute atomic E-state index is 6.11. The van der Waals surface area contributed by atoms with Crippen LogP contribution in [0.2, 0.25) is 5.02 Å². The Morgan fingerprint density at radius 2 is 1.60 bits per heavy atom. The number of halogens is 3. The highest BCUT2D eigenvalue weighted by Crippen LogP contribution is 2.27. The normalized spacial score (nSPS) is 11.2. The van der Waals surface area contributed by atoms with Crippen molar-refractivity contribution in [2.45, 2.75) is 6.04 Å². The quantitative estimate of drug-likeness (QED) is 0.567. The van der Waals surface area contributed by atoms with Crippen molar-refractivity contribution >= 4 is 51.9 Å². The molecule has 0 fully saturated rings. The number of rotatable bonds is 2. The molecule has 0 saturated heterocycles. The van der Waals surface area contributed by atoms with Crippen molar-refractivity contribution < 1.29 is 0 Å². The fourth-order valence-corrected chi connectivity index (χ4v) is 3.58. The van der Waals surface area contributed by atoms with Crippen molar-refractivity contribution in [3.63, 3.8) is 0 Å². The Morgan fingerprint density at radius 1 is 0.933 bits per heavy atom. The standard InChI is InChI=1S/C11H9Cl3Si/c12-11-6-5-8(7-15(13)14)9-3-1-2-4-10(9)11/h1-6,15H,7H2. The summed E-state index contributed by atoms with van der Waals surface area (Å²) in [5, 5.41) is 3.00. The monoisotopic (exact) mass is 274 g/mol. The maximum atomic E-state index is 6.11. The van der Waals surface area contributed by atoms with Crippen LogP contribution in [0.5, 0.6) is 0 Å². The van der Waals surface area contributed by atoms with Gasteiger partial charge < -0.3 is 0 Å². The van der Waals surface area contributed by atoms with Gasteiger partial charge in [-0.1, -0.05) is 41.9 Å². The molecule has 0 nitrogen and oxygen atoms in total. The molecular formula is C11H9Cl3Si. The molecule has 0 N–H and O–H groups in total. The van der Waals surface area contributed by atoms with Gasteiger partial charge in [0.1, 0.15) is 0 Å². The zero-order valence-corrected chi connectivity index (χ0v) is 11.3. The summed E-state index contributed by atoms with van der Waals surface area (Å²) in [5.74, 6) is 0. The topological polar surface area (TPSA) is 0 Å². The average Bonchev–Trinajstić information content (AvgIpc) is 2.22. The molecule has 2 rings (SSSR count). The molecule has 0 aliphatic heterocycles. The third-order valence-corrected chi connectivity index (χ3v) is 4.34. The molecule has 0 unspecified atom stereocenters. The minimum atomic E-state index is -1.62. The Labute approximate surface area is 105 Å². The Morgan fingerprint density at radius 3 is 2.27 bits per heavy atom. The van der Waals surface area contributed by atoms with Gasteiger partial charge in [0.2, 0.25) is 7.42 Å². The van der Waals surface area contributed by atoms with Crippen molar-refractivity contribution in [2.24, 2.45) is 0 Å². The molecule has 0 aliphatic rings. The molecule has 0 amide bonds. The van der Waals surface area contributed by atoms with E-state index in [0.29, 0.717) is 0 Å². The van der Waals surface area contributed by atoms with Crippen LogP contribution in [0.25, 0.3) is 10.8 Å². The largest absolute Gasteiger partial charge is 0.241 e. The molecule has 2 aromatic rings. The van der Waals surface area contributed by atoms with Gasteiger partial charge >= 0.3 is 0 Å². The van der Waals surface area contributed by atoms with Crippen LogP contribution in [0.3, 0.4) is 0 Å². The van der Waals surface area contributed by atoms with Crippen LogP contribution in [-0.2, 0) is 6.04 Å². The molecule has 78 valence electrons. The molecule has 0 bridgehead atoms. The second-order valence-electron chi connectivity index (χ2n) is 3.35. The third-order valence-electron chi connectivity index (χ3n) is 2.34. The average molecular weight is 276 g/mol. The predicted octanol–water partition coefficient (Wildman–Crippen LogP) is 4.27. The molecule has 0 aliphatic carbocycles. The van der Waals surface area contributed by atoms with Gasteiger partial charge in [-0.05, 0) is 23.1 Å². The van der Waals surface area contributed by atoms with Crippen LogP contribution in [-0.4, -0.2) is 7.42 Å². The molecular weight excluding hydrogens is 267 g/mol. The summed E-state index contributed by atoms with van der Waals surface area (Å²) in [6, 6.07) is 12.7. The van der Waals surface area contributed by atoms with Crippen LogP contribution < -0.4 is 0 Å². The lowest BCUT2D eigenvalue weighted by Crippen LogP contribution is -2.00. The maximum Gasteiger partial charge on any atom is 0.241 e. The summed E-state index contributed by atoms with van der Waals surface area (Å²) in [7, 11) is -1.62. The van der Waals surface area contributed by atoms with E-state index in [0.717, 1.165) is 21.8 Å². The number of benzene rings is 2. The van der Waals surface area contributed by atoms with Gasteiger partial charge in [-0.15, -0.1) is 22.2 Å². The number of hydrogen-bond acceptors (Lipinski definition) is 0. The molecule has 0 heterocycles. The van der Waals surface area contributed by atoms with Gasteiger partial charge in [-0.3, -0.25) is 0 Å². The lowest BCUT2D eigenvalue weighted by Gasteiger charge is -2.07. The van der Waals surface area contributed by atoms with E-state index >= 15 is 0 Å². The first-order chi connectivity index (χ1) is 7.18. The van der Waals surface area contributed by atoms with Gasteiger partial charge in [0.25, 0.3) is 0 Å². The van der Waals surface area contributed by atoms with Crippen LogP contribution in [0, 0.1) is 0 Å². The molecule has 0 saturated carbocycles. The summed E-state index contributed by atoms with van der Waals surface area (Å²) >= 11 is 18.0. The summed E-state index contributed by atoms with van der Waals surface area (Å²) in [6.45, 7) is 0. The van der Waals surface area contributed by atoms with Gasteiger partial charge in [0.15, 0.2) is 0 Å². The van der Waals surface area contributed by atoms with Crippen molar-refractivity contribution in [2.75, 3.05) is 0 Å². The van der Waals surface area contributed by atoms with Crippen molar-refractivity contribution in [1.82, 2.24) is 0 Å². The van der Waals surface area contributed by atoms with E-state index in [2.05, 4.69) is 6.07 Å². The lowest BCUT2D eigenvalue weighted by molar-refractivity contribution is 1.44. The van der Waals surface area contributed by atoms with Crippen molar-refractivity contribution in [1.29, 1.82) is 0 Å². The van der Waals surface area contributed by atoms with Crippen molar-refractivity contribution in [3.05, 3.63) is 47.0 Å². The van der Waals surface area contributed by atoms with E-state index in [9.17, 15) is 0 Å².